The predicted molar refractivity (Wildman–Crippen MR) is 116 cm³/mol. The number of thioether (sulfide) groups is 2. The molecule has 0 bridgehead atoms. The van der Waals surface area contributed by atoms with E-state index >= 15 is 0 Å². The van der Waals surface area contributed by atoms with Gasteiger partial charge in [-0.1, -0.05) is 17.7 Å². The molecule has 0 atom stereocenters. The Morgan fingerprint density at radius 3 is 2.60 bits per heavy atom. The Balaban J connectivity index is 0.000000251. The number of nitrogens with one attached hydrogen (secondary N) is 2. The van der Waals surface area contributed by atoms with Gasteiger partial charge in [0.2, 0.25) is 0 Å². The van der Waals surface area contributed by atoms with Gasteiger partial charge in [0.25, 0.3) is 0 Å². The largest absolute Gasteiger partial charge is 0.387 e. The number of halogens is 2. The average molecular weight is 418 g/mol. The van der Waals surface area contributed by atoms with Gasteiger partial charge in [0.1, 0.15) is 0 Å². The fourth-order valence-electron chi connectivity index (χ4n) is 1.78. The monoisotopic (exact) mass is 417 g/mol. The summed E-state index contributed by atoms with van der Waals surface area (Å²) in [6.07, 6.45) is 3.35. The van der Waals surface area contributed by atoms with Crippen molar-refractivity contribution in [2.24, 2.45) is 0 Å². The van der Waals surface area contributed by atoms with E-state index < -0.39 is 0 Å². The molecule has 3 nitrogen and oxygen atoms in total. The van der Waals surface area contributed by atoms with Gasteiger partial charge in [-0.25, -0.2) is 0 Å². The lowest BCUT2D eigenvalue weighted by Crippen LogP contribution is -2.12. The Morgan fingerprint density at radius 1 is 1.24 bits per heavy atom. The van der Waals surface area contributed by atoms with Crippen molar-refractivity contribution < 1.29 is 3.89 Å². The van der Waals surface area contributed by atoms with Crippen LogP contribution in [0.5, 0.6) is 0 Å². The zero-order valence-electron chi connectivity index (χ0n) is 14.3. The standard InChI is InChI=1S/C9H12N2S.C8H9ClFNS2/c1-11(7-10)8-4-3-5-9(6-8)12-2;1-11-8-4-6(12-5-13-10)2-3-7(8)9/h3-7,10H,1-2H3;2-4,11H,5H2,1H3. The number of hydrogen-bond donors (Lipinski definition) is 2. The summed E-state index contributed by atoms with van der Waals surface area (Å²) >= 11 is 9.36. The van der Waals surface area contributed by atoms with E-state index in [9.17, 15) is 3.89 Å². The van der Waals surface area contributed by atoms with Gasteiger partial charge in [0, 0.05) is 29.6 Å². The zero-order chi connectivity index (χ0) is 18.7. The molecule has 2 aromatic rings. The Morgan fingerprint density at radius 2 is 2.00 bits per heavy atom. The normalized spacial score (nSPS) is 9.80. The second kappa shape index (κ2) is 12.4. The SMILES string of the molecule is CNc1cc(SCSF)ccc1Cl.CSc1cccc(N(C)C=N)c1. The van der Waals surface area contributed by atoms with Crippen LogP contribution in [-0.2, 0) is 0 Å². The Bertz CT molecular complexity index is 673. The molecule has 2 aromatic carbocycles. The molecule has 0 fully saturated rings. The van der Waals surface area contributed by atoms with Crippen LogP contribution >= 0.6 is 47.3 Å². The van der Waals surface area contributed by atoms with Crippen molar-refractivity contribution in [3.05, 3.63) is 47.5 Å². The topological polar surface area (TPSA) is 39.1 Å². The van der Waals surface area contributed by atoms with Crippen molar-refractivity contribution in [2.45, 2.75) is 9.79 Å². The van der Waals surface area contributed by atoms with Gasteiger partial charge in [-0.15, -0.1) is 23.5 Å². The van der Waals surface area contributed by atoms with Crippen molar-refractivity contribution in [1.29, 1.82) is 5.41 Å². The molecule has 8 heteroatoms. The number of anilines is 2. The smallest absolute Gasteiger partial charge is 0.0859 e. The summed E-state index contributed by atoms with van der Waals surface area (Å²) < 4.78 is 11.8. The molecule has 25 heavy (non-hydrogen) atoms. The Kier molecular flexibility index (Phi) is 10.9. The molecule has 0 aliphatic carbocycles. The van der Waals surface area contributed by atoms with E-state index in [1.54, 1.807) is 29.8 Å². The molecule has 0 radical (unpaired) electrons. The molecule has 0 saturated heterocycles. The van der Waals surface area contributed by atoms with E-state index in [1.807, 2.05) is 37.6 Å². The van der Waals surface area contributed by atoms with Crippen LogP contribution in [0.1, 0.15) is 0 Å². The first-order valence-corrected chi connectivity index (χ1v) is 10.7. The maximum absolute atomic E-state index is 11.8. The number of rotatable bonds is 7. The summed E-state index contributed by atoms with van der Waals surface area (Å²) in [5, 5.41) is 11.1. The van der Waals surface area contributed by atoms with Crippen LogP contribution in [-0.4, -0.2) is 31.8 Å². The number of nitrogens with zero attached hydrogens (tertiary/aromatic N) is 1. The molecule has 0 amide bonds. The van der Waals surface area contributed by atoms with Crippen LogP contribution in [0.3, 0.4) is 0 Å². The fraction of sp³-hybridized carbons (Fsp3) is 0.235. The summed E-state index contributed by atoms with van der Waals surface area (Å²) in [6, 6.07) is 13.7. The van der Waals surface area contributed by atoms with Gasteiger partial charge in [0.15, 0.2) is 0 Å². The highest BCUT2D eigenvalue weighted by atomic mass is 35.5. The minimum atomic E-state index is 0.324. The van der Waals surface area contributed by atoms with Crippen LogP contribution in [0, 0.1) is 5.41 Å². The van der Waals surface area contributed by atoms with Crippen LogP contribution in [0.15, 0.2) is 52.3 Å². The Hall–Kier alpha value is -1.02. The first kappa shape index (κ1) is 22.0. The van der Waals surface area contributed by atoms with Gasteiger partial charge < -0.3 is 10.2 Å². The van der Waals surface area contributed by atoms with Crippen LogP contribution in [0.25, 0.3) is 0 Å². The summed E-state index contributed by atoms with van der Waals surface area (Å²) in [5.74, 6) is 0. The van der Waals surface area contributed by atoms with Crippen molar-refractivity contribution in [1.82, 2.24) is 0 Å². The molecular formula is C17H21ClFN3S3. The molecular weight excluding hydrogens is 397 g/mol. The highest BCUT2D eigenvalue weighted by molar-refractivity contribution is 8.13. The maximum atomic E-state index is 11.8. The maximum Gasteiger partial charge on any atom is 0.0859 e. The third-order valence-electron chi connectivity index (χ3n) is 3.13. The number of benzene rings is 2. The van der Waals surface area contributed by atoms with Gasteiger partial charge >= 0.3 is 0 Å². The van der Waals surface area contributed by atoms with Crippen LogP contribution < -0.4 is 10.2 Å². The van der Waals surface area contributed by atoms with Gasteiger partial charge in [0.05, 0.1) is 34.3 Å². The summed E-state index contributed by atoms with van der Waals surface area (Å²) in [7, 11) is 3.67. The summed E-state index contributed by atoms with van der Waals surface area (Å²) in [6.45, 7) is 0. The third kappa shape index (κ3) is 7.81. The fourth-order valence-corrected chi connectivity index (χ4v) is 3.53. The molecule has 0 saturated carbocycles. The lowest BCUT2D eigenvalue weighted by Gasteiger charge is -2.12. The lowest BCUT2D eigenvalue weighted by molar-refractivity contribution is 0.943. The molecule has 136 valence electrons. The summed E-state index contributed by atoms with van der Waals surface area (Å²) in [5.41, 5.74) is 1.92. The van der Waals surface area contributed by atoms with Crippen LogP contribution in [0.2, 0.25) is 5.02 Å². The highest BCUT2D eigenvalue weighted by Crippen LogP contribution is 2.29. The molecule has 0 unspecified atom stereocenters. The van der Waals surface area contributed by atoms with E-state index in [1.165, 1.54) is 23.0 Å². The van der Waals surface area contributed by atoms with Gasteiger partial charge in [-0.05, 0) is 42.7 Å². The first-order valence-electron chi connectivity index (χ1n) is 7.26. The Labute approximate surface area is 166 Å². The van der Waals surface area contributed by atoms with E-state index in [2.05, 4.69) is 17.4 Å². The first-order chi connectivity index (χ1) is 12.0. The van der Waals surface area contributed by atoms with E-state index in [-0.39, 0.29) is 0 Å². The minimum Gasteiger partial charge on any atom is -0.387 e. The molecule has 2 rings (SSSR count). The highest BCUT2D eigenvalue weighted by Gasteiger charge is 2.00. The van der Waals surface area contributed by atoms with Crippen molar-refractivity contribution in [3.63, 3.8) is 0 Å². The second-order valence-electron chi connectivity index (χ2n) is 4.70. The molecule has 0 aromatic heterocycles. The van der Waals surface area contributed by atoms with Gasteiger partial charge in [-0.2, -0.15) is 3.89 Å². The zero-order valence-corrected chi connectivity index (χ0v) is 17.5. The van der Waals surface area contributed by atoms with E-state index in [0.29, 0.717) is 22.3 Å². The number of hydrogen-bond acceptors (Lipinski definition) is 5. The van der Waals surface area contributed by atoms with Crippen LogP contribution in [0.4, 0.5) is 15.3 Å². The quantitative estimate of drug-likeness (QED) is 0.233. The summed E-state index contributed by atoms with van der Waals surface area (Å²) in [4.78, 5) is 4.01. The van der Waals surface area contributed by atoms with Gasteiger partial charge in [-0.3, -0.25) is 5.41 Å². The molecule has 0 aliphatic heterocycles. The minimum absolute atomic E-state index is 0.324. The van der Waals surface area contributed by atoms with Crippen molar-refractivity contribution >= 4 is 65.0 Å². The van der Waals surface area contributed by atoms with Crippen molar-refractivity contribution in [3.8, 4) is 0 Å². The van der Waals surface area contributed by atoms with Crippen molar-refractivity contribution in [2.75, 3.05) is 35.7 Å². The average Bonchev–Trinajstić information content (AvgIpc) is 2.67. The molecule has 0 aliphatic rings. The molecule has 0 heterocycles. The van der Waals surface area contributed by atoms with E-state index in [4.69, 9.17) is 17.0 Å². The second-order valence-corrected chi connectivity index (χ2v) is 7.91. The third-order valence-corrected chi connectivity index (χ3v) is 5.60. The molecule has 0 spiro atoms. The molecule has 2 N–H and O–H groups in total. The van der Waals surface area contributed by atoms with E-state index in [0.717, 1.165) is 16.3 Å². The lowest BCUT2D eigenvalue weighted by atomic mass is 10.3. The predicted octanol–water partition coefficient (Wildman–Crippen LogP) is 6.50.